The number of benzene rings is 1. The lowest BCUT2D eigenvalue weighted by Crippen LogP contribution is -2.50. The van der Waals surface area contributed by atoms with Gasteiger partial charge in [-0.3, -0.25) is 14.5 Å². The average Bonchev–Trinajstić information content (AvgIpc) is 3.08. The Morgan fingerprint density at radius 2 is 1.89 bits per heavy atom. The molecule has 2 saturated heterocycles. The number of amides is 2. The standard InChI is InChI=1S/C23H35N3O2/c1-5-24(4)21(27)16-25-14-12-23(17-25)11-6-13-26(22(23)28)15-19-7-9-20(10-8-19)18(2)3/h7-10,18H,5-6,11-17H2,1-4H3/t23-/m0/s1. The summed E-state index contributed by atoms with van der Waals surface area (Å²) < 4.78 is 0. The first-order valence-corrected chi connectivity index (χ1v) is 10.7. The molecule has 0 aromatic heterocycles. The fourth-order valence-electron chi connectivity index (χ4n) is 4.49. The third-order valence-corrected chi connectivity index (χ3v) is 6.54. The summed E-state index contributed by atoms with van der Waals surface area (Å²) in [6, 6.07) is 8.67. The van der Waals surface area contributed by atoms with E-state index in [0.717, 1.165) is 45.4 Å². The van der Waals surface area contributed by atoms with E-state index >= 15 is 0 Å². The maximum Gasteiger partial charge on any atom is 0.236 e. The maximum atomic E-state index is 13.4. The highest BCUT2D eigenvalue weighted by molar-refractivity contribution is 5.84. The van der Waals surface area contributed by atoms with Crippen LogP contribution in [0.5, 0.6) is 0 Å². The zero-order chi connectivity index (χ0) is 20.3. The van der Waals surface area contributed by atoms with Crippen molar-refractivity contribution in [1.82, 2.24) is 14.7 Å². The van der Waals surface area contributed by atoms with Gasteiger partial charge in [-0.05, 0) is 49.8 Å². The highest BCUT2D eigenvalue weighted by atomic mass is 16.2. The van der Waals surface area contributed by atoms with Crippen molar-refractivity contribution in [2.24, 2.45) is 5.41 Å². The van der Waals surface area contributed by atoms with Crippen molar-refractivity contribution in [2.75, 3.05) is 39.8 Å². The summed E-state index contributed by atoms with van der Waals surface area (Å²) in [7, 11) is 1.84. The number of piperidine rings is 1. The van der Waals surface area contributed by atoms with Crippen molar-refractivity contribution >= 4 is 11.8 Å². The molecule has 2 fully saturated rings. The molecule has 2 amide bonds. The lowest BCUT2D eigenvalue weighted by atomic mass is 9.78. The molecule has 5 heteroatoms. The molecule has 0 bridgehead atoms. The lowest BCUT2D eigenvalue weighted by Gasteiger charge is -2.39. The van der Waals surface area contributed by atoms with Crippen molar-refractivity contribution in [3.05, 3.63) is 35.4 Å². The van der Waals surface area contributed by atoms with Gasteiger partial charge < -0.3 is 9.80 Å². The summed E-state index contributed by atoms with van der Waals surface area (Å²) in [5.41, 5.74) is 2.24. The molecule has 2 heterocycles. The van der Waals surface area contributed by atoms with Crippen molar-refractivity contribution in [1.29, 1.82) is 0 Å². The van der Waals surface area contributed by atoms with Crippen LogP contribution in [0.3, 0.4) is 0 Å². The summed E-state index contributed by atoms with van der Waals surface area (Å²) in [6.45, 7) is 10.6. The fraction of sp³-hybridized carbons (Fsp3) is 0.652. The van der Waals surface area contributed by atoms with E-state index in [4.69, 9.17) is 0 Å². The lowest BCUT2D eigenvalue weighted by molar-refractivity contribution is -0.146. The summed E-state index contributed by atoms with van der Waals surface area (Å²) in [5, 5.41) is 0. The van der Waals surface area contributed by atoms with E-state index in [1.165, 1.54) is 11.1 Å². The van der Waals surface area contributed by atoms with Crippen molar-refractivity contribution < 1.29 is 9.59 Å². The van der Waals surface area contributed by atoms with Crippen molar-refractivity contribution in [3.63, 3.8) is 0 Å². The predicted octanol–water partition coefficient (Wildman–Crippen LogP) is 3.10. The molecule has 0 aliphatic carbocycles. The number of carbonyl (C=O) groups is 2. The molecule has 1 aromatic carbocycles. The van der Waals surface area contributed by atoms with Gasteiger partial charge in [0.05, 0.1) is 12.0 Å². The third-order valence-electron chi connectivity index (χ3n) is 6.54. The highest BCUT2D eigenvalue weighted by Crippen LogP contribution is 2.40. The first-order chi connectivity index (χ1) is 13.3. The van der Waals surface area contributed by atoms with Gasteiger partial charge in [0.2, 0.25) is 11.8 Å². The number of hydrogen-bond acceptors (Lipinski definition) is 3. The molecule has 28 heavy (non-hydrogen) atoms. The van der Waals surface area contributed by atoms with E-state index < -0.39 is 0 Å². The molecule has 0 unspecified atom stereocenters. The van der Waals surface area contributed by atoms with Crippen LogP contribution in [0.15, 0.2) is 24.3 Å². The molecule has 1 spiro atoms. The first kappa shape index (κ1) is 20.8. The van der Waals surface area contributed by atoms with Crippen LogP contribution in [-0.4, -0.2) is 66.3 Å². The Morgan fingerprint density at radius 1 is 1.18 bits per heavy atom. The molecule has 0 N–H and O–H groups in total. The fourth-order valence-corrected chi connectivity index (χ4v) is 4.49. The quantitative estimate of drug-likeness (QED) is 0.756. The van der Waals surface area contributed by atoms with Gasteiger partial charge in [-0.2, -0.15) is 0 Å². The number of carbonyl (C=O) groups excluding carboxylic acids is 2. The van der Waals surface area contributed by atoms with E-state index in [2.05, 4.69) is 43.0 Å². The van der Waals surface area contributed by atoms with Crippen LogP contribution in [0.1, 0.15) is 57.1 Å². The van der Waals surface area contributed by atoms with E-state index in [1.807, 2.05) is 18.9 Å². The Morgan fingerprint density at radius 3 is 2.54 bits per heavy atom. The van der Waals surface area contributed by atoms with Crippen LogP contribution >= 0.6 is 0 Å². The smallest absolute Gasteiger partial charge is 0.236 e. The Bertz CT molecular complexity index is 700. The first-order valence-electron chi connectivity index (χ1n) is 10.7. The molecule has 2 aliphatic rings. The number of likely N-dealkylation sites (tertiary alicyclic amines) is 2. The van der Waals surface area contributed by atoms with E-state index in [1.54, 1.807) is 4.90 Å². The van der Waals surface area contributed by atoms with Crippen LogP contribution in [0.2, 0.25) is 0 Å². The highest BCUT2D eigenvalue weighted by Gasteiger charge is 2.48. The van der Waals surface area contributed by atoms with Gasteiger partial charge in [0.25, 0.3) is 0 Å². The summed E-state index contributed by atoms with van der Waals surface area (Å²) in [6.07, 6.45) is 2.87. The molecule has 0 saturated carbocycles. The minimum Gasteiger partial charge on any atom is -0.345 e. The van der Waals surface area contributed by atoms with Gasteiger partial charge in [-0.15, -0.1) is 0 Å². The zero-order valence-corrected chi connectivity index (χ0v) is 17.9. The molecule has 3 rings (SSSR count). The van der Waals surface area contributed by atoms with Gasteiger partial charge in [0, 0.05) is 33.2 Å². The van der Waals surface area contributed by atoms with E-state index in [9.17, 15) is 9.59 Å². The molecule has 1 atom stereocenters. The number of nitrogens with zero attached hydrogens (tertiary/aromatic N) is 3. The van der Waals surface area contributed by atoms with E-state index in [-0.39, 0.29) is 17.2 Å². The van der Waals surface area contributed by atoms with Crippen LogP contribution in [-0.2, 0) is 16.1 Å². The summed E-state index contributed by atoms with van der Waals surface area (Å²) in [4.78, 5) is 31.6. The van der Waals surface area contributed by atoms with Gasteiger partial charge in [-0.25, -0.2) is 0 Å². The molecule has 154 valence electrons. The second-order valence-electron chi connectivity index (χ2n) is 8.88. The monoisotopic (exact) mass is 385 g/mol. The number of hydrogen-bond donors (Lipinski definition) is 0. The second-order valence-corrected chi connectivity index (χ2v) is 8.88. The topological polar surface area (TPSA) is 43.9 Å². The van der Waals surface area contributed by atoms with Crippen LogP contribution in [0.25, 0.3) is 0 Å². The average molecular weight is 386 g/mol. The molecular weight excluding hydrogens is 350 g/mol. The number of rotatable bonds is 6. The molecule has 1 aromatic rings. The Labute approximate surface area is 169 Å². The molecule has 2 aliphatic heterocycles. The van der Waals surface area contributed by atoms with Gasteiger partial charge in [0.15, 0.2) is 0 Å². The molecule has 0 radical (unpaired) electrons. The van der Waals surface area contributed by atoms with Crippen LogP contribution < -0.4 is 0 Å². The minimum absolute atomic E-state index is 0.143. The van der Waals surface area contributed by atoms with Crippen LogP contribution in [0, 0.1) is 5.41 Å². The maximum absolute atomic E-state index is 13.4. The van der Waals surface area contributed by atoms with Crippen molar-refractivity contribution in [3.8, 4) is 0 Å². The van der Waals surface area contributed by atoms with Gasteiger partial charge in [-0.1, -0.05) is 38.1 Å². The largest absolute Gasteiger partial charge is 0.345 e. The summed E-state index contributed by atoms with van der Waals surface area (Å²) >= 11 is 0. The zero-order valence-electron chi connectivity index (χ0n) is 17.9. The summed E-state index contributed by atoms with van der Waals surface area (Å²) in [5.74, 6) is 0.947. The minimum atomic E-state index is -0.290. The van der Waals surface area contributed by atoms with Gasteiger partial charge >= 0.3 is 0 Å². The molecular formula is C23H35N3O2. The Hall–Kier alpha value is -1.88. The SMILES string of the molecule is CCN(C)C(=O)CN1CC[C@@]2(CCCN(Cc3ccc(C(C)C)cc3)C2=O)C1. The van der Waals surface area contributed by atoms with Crippen LogP contribution in [0.4, 0.5) is 0 Å². The van der Waals surface area contributed by atoms with Gasteiger partial charge in [0.1, 0.15) is 0 Å². The second kappa shape index (κ2) is 8.64. The van der Waals surface area contributed by atoms with E-state index in [0.29, 0.717) is 19.0 Å². The Kier molecular flexibility index (Phi) is 6.43. The third kappa shape index (κ3) is 4.40. The predicted molar refractivity (Wildman–Crippen MR) is 112 cm³/mol. The molecule has 5 nitrogen and oxygen atoms in total. The normalized spacial score (nSPS) is 23.0. The Balaban J connectivity index is 1.63. The number of likely N-dealkylation sites (N-methyl/N-ethyl adjacent to an activating group) is 1. The van der Waals surface area contributed by atoms with Crippen molar-refractivity contribution in [2.45, 2.75) is 52.5 Å².